The summed E-state index contributed by atoms with van der Waals surface area (Å²) in [6, 6.07) is 0. The van der Waals surface area contributed by atoms with Gasteiger partial charge < -0.3 is 14.2 Å². The van der Waals surface area contributed by atoms with Crippen LogP contribution in [0.1, 0.15) is 406 Å². The van der Waals surface area contributed by atoms with E-state index in [4.69, 9.17) is 14.2 Å². The fraction of sp³-hybridized carbons (Fsp3) is 0.957. The fourth-order valence-electron chi connectivity index (χ4n) is 10.9. The van der Waals surface area contributed by atoms with E-state index in [1.807, 2.05) is 0 Å². The molecule has 0 aliphatic carbocycles. The minimum Gasteiger partial charge on any atom is -0.462 e. The first-order valence-corrected chi connectivity index (χ1v) is 34.5. The van der Waals surface area contributed by atoms with Crippen LogP contribution in [0, 0.1) is 0 Å². The Morgan fingerprint density at radius 3 is 0.533 bits per heavy atom. The third kappa shape index (κ3) is 63.1. The first-order chi connectivity index (χ1) is 37.0. The van der Waals surface area contributed by atoms with E-state index in [0.717, 1.165) is 57.8 Å². The van der Waals surface area contributed by atoms with Gasteiger partial charge in [0.2, 0.25) is 0 Å². The zero-order valence-corrected chi connectivity index (χ0v) is 51.4. The van der Waals surface area contributed by atoms with Gasteiger partial charge in [0, 0.05) is 19.3 Å². The maximum atomic E-state index is 12.9. The smallest absolute Gasteiger partial charge is 0.306 e. The molecule has 0 aromatic carbocycles. The number of carbonyl (C=O) groups is 3. The molecule has 0 heterocycles. The van der Waals surface area contributed by atoms with Crippen molar-refractivity contribution in [2.24, 2.45) is 0 Å². The second-order valence-electron chi connectivity index (χ2n) is 23.8. The van der Waals surface area contributed by atoms with Crippen molar-refractivity contribution in [2.45, 2.75) is 412 Å². The van der Waals surface area contributed by atoms with Crippen molar-refractivity contribution in [1.29, 1.82) is 0 Å². The van der Waals surface area contributed by atoms with Crippen LogP contribution in [-0.2, 0) is 28.6 Å². The molecule has 0 saturated heterocycles. The van der Waals surface area contributed by atoms with Crippen molar-refractivity contribution >= 4 is 17.9 Å². The molecule has 0 saturated carbocycles. The Bertz CT molecular complexity index is 1120. The average Bonchev–Trinajstić information content (AvgIpc) is 3.41. The van der Waals surface area contributed by atoms with Gasteiger partial charge in [-0.25, -0.2) is 0 Å². The Balaban J connectivity index is 4.18. The van der Waals surface area contributed by atoms with Crippen LogP contribution in [0.3, 0.4) is 0 Å². The first kappa shape index (κ1) is 73.4. The van der Waals surface area contributed by atoms with Gasteiger partial charge in [-0.05, 0) is 19.3 Å². The maximum Gasteiger partial charge on any atom is 0.306 e. The molecular formula is C69H134O6. The van der Waals surface area contributed by atoms with Gasteiger partial charge in [0.05, 0.1) is 0 Å². The number of hydrogen-bond acceptors (Lipinski definition) is 6. The van der Waals surface area contributed by atoms with Crippen LogP contribution in [0.15, 0.2) is 0 Å². The van der Waals surface area contributed by atoms with Crippen LogP contribution in [-0.4, -0.2) is 37.2 Å². The number of unbranched alkanes of at least 4 members (excludes halogenated alkanes) is 54. The van der Waals surface area contributed by atoms with E-state index in [1.165, 1.54) is 308 Å². The Hall–Kier alpha value is -1.59. The van der Waals surface area contributed by atoms with Gasteiger partial charge in [-0.1, -0.05) is 367 Å². The van der Waals surface area contributed by atoms with Crippen LogP contribution in [0.25, 0.3) is 0 Å². The molecule has 0 aliphatic rings. The Morgan fingerprint density at radius 1 is 0.213 bits per heavy atom. The number of ether oxygens (including phenoxy) is 3. The van der Waals surface area contributed by atoms with E-state index in [0.29, 0.717) is 19.3 Å². The highest BCUT2D eigenvalue weighted by Crippen LogP contribution is 2.19. The molecule has 0 spiro atoms. The van der Waals surface area contributed by atoms with E-state index < -0.39 is 6.10 Å². The van der Waals surface area contributed by atoms with E-state index in [9.17, 15) is 14.4 Å². The quantitative estimate of drug-likeness (QED) is 0.0343. The lowest BCUT2D eigenvalue weighted by molar-refractivity contribution is -0.167. The molecule has 0 bridgehead atoms. The molecule has 0 rings (SSSR count). The van der Waals surface area contributed by atoms with Crippen LogP contribution in [0.5, 0.6) is 0 Å². The second-order valence-corrected chi connectivity index (χ2v) is 23.8. The third-order valence-electron chi connectivity index (χ3n) is 16.1. The maximum absolute atomic E-state index is 12.9. The Labute approximate surface area is 469 Å². The van der Waals surface area contributed by atoms with Crippen LogP contribution >= 0.6 is 0 Å². The molecule has 75 heavy (non-hydrogen) atoms. The summed E-state index contributed by atoms with van der Waals surface area (Å²) in [5.74, 6) is -0.822. The molecule has 0 aromatic rings. The molecule has 446 valence electrons. The predicted molar refractivity (Wildman–Crippen MR) is 326 cm³/mol. The largest absolute Gasteiger partial charge is 0.462 e. The fourth-order valence-corrected chi connectivity index (χ4v) is 10.9. The lowest BCUT2D eigenvalue weighted by Crippen LogP contribution is -2.30. The highest BCUT2D eigenvalue weighted by atomic mass is 16.6. The summed E-state index contributed by atoms with van der Waals surface area (Å²) < 4.78 is 17.0. The van der Waals surface area contributed by atoms with Gasteiger partial charge in [0.25, 0.3) is 0 Å². The van der Waals surface area contributed by atoms with E-state index >= 15 is 0 Å². The standard InChI is InChI=1S/C69H134O6/c1-4-7-10-13-16-19-22-25-27-29-31-33-35-37-38-40-42-44-47-50-53-56-59-62-68(71)74-65-66(64-73-67(70)61-58-55-52-49-46-24-21-18-15-12-9-6-3)75-69(72)63-60-57-54-51-48-45-43-41-39-36-34-32-30-28-26-23-20-17-14-11-8-5-2/h66H,4-65H2,1-3H3. The normalized spacial score (nSPS) is 11.9. The summed E-state index contributed by atoms with van der Waals surface area (Å²) in [6.45, 7) is 6.74. The third-order valence-corrected chi connectivity index (χ3v) is 16.1. The number of hydrogen-bond donors (Lipinski definition) is 0. The Morgan fingerprint density at radius 2 is 0.360 bits per heavy atom. The number of carbonyl (C=O) groups excluding carboxylic acids is 3. The predicted octanol–water partition coefficient (Wildman–Crippen LogP) is 23.5. The molecule has 1 atom stereocenters. The minimum atomic E-state index is -0.763. The molecule has 0 amide bonds. The first-order valence-electron chi connectivity index (χ1n) is 34.5. The molecule has 0 aliphatic heterocycles. The molecule has 1 unspecified atom stereocenters. The van der Waals surface area contributed by atoms with Gasteiger partial charge in [0.1, 0.15) is 13.2 Å². The molecular weight excluding hydrogens is 925 g/mol. The van der Waals surface area contributed by atoms with Crippen molar-refractivity contribution in [3.05, 3.63) is 0 Å². The lowest BCUT2D eigenvalue weighted by atomic mass is 10.0. The topological polar surface area (TPSA) is 78.9 Å². The van der Waals surface area contributed by atoms with Gasteiger partial charge in [0.15, 0.2) is 6.10 Å². The number of rotatable bonds is 65. The number of esters is 3. The van der Waals surface area contributed by atoms with E-state index in [1.54, 1.807) is 0 Å². The van der Waals surface area contributed by atoms with Crippen molar-refractivity contribution < 1.29 is 28.6 Å². The molecule has 0 radical (unpaired) electrons. The van der Waals surface area contributed by atoms with E-state index in [2.05, 4.69) is 20.8 Å². The van der Waals surface area contributed by atoms with Crippen molar-refractivity contribution in [2.75, 3.05) is 13.2 Å². The minimum absolute atomic E-state index is 0.0603. The highest BCUT2D eigenvalue weighted by Gasteiger charge is 2.19. The van der Waals surface area contributed by atoms with Crippen molar-refractivity contribution in [1.82, 2.24) is 0 Å². The lowest BCUT2D eigenvalue weighted by Gasteiger charge is -2.18. The van der Waals surface area contributed by atoms with Gasteiger partial charge in [-0.15, -0.1) is 0 Å². The monoisotopic (exact) mass is 1060 g/mol. The van der Waals surface area contributed by atoms with Gasteiger partial charge in [-0.3, -0.25) is 14.4 Å². The van der Waals surface area contributed by atoms with Crippen LogP contribution < -0.4 is 0 Å². The Kier molecular flexibility index (Phi) is 63.6. The molecule has 0 fully saturated rings. The molecule has 6 nitrogen and oxygen atoms in total. The van der Waals surface area contributed by atoms with E-state index in [-0.39, 0.29) is 31.1 Å². The zero-order valence-electron chi connectivity index (χ0n) is 51.4. The second kappa shape index (κ2) is 64.9. The van der Waals surface area contributed by atoms with Crippen LogP contribution in [0.4, 0.5) is 0 Å². The molecule has 0 N–H and O–H groups in total. The summed E-state index contributed by atoms with van der Waals surface area (Å²) in [4.78, 5) is 38.3. The highest BCUT2D eigenvalue weighted by molar-refractivity contribution is 5.71. The molecule has 0 aromatic heterocycles. The summed E-state index contributed by atoms with van der Waals surface area (Å²) in [5, 5.41) is 0. The van der Waals surface area contributed by atoms with Crippen LogP contribution in [0.2, 0.25) is 0 Å². The van der Waals surface area contributed by atoms with Gasteiger partial charge >= 0.3 is 17.9 Å². The SMILES string of the molecule is CCCCCCCCCCCCCCCCCCCCCCCCCC(=O)OCC(COC(=O)CCCCCCCCCCCCCC)OC(=O)CCCCCCCCCCCCCCCCCCCCCCCC. The summed E-state index contributed by atoms with van der Waals surface area (Å²) >= 11 is 0. The van der Waals surface area contributed by atoms with Crippen molar-refractivity contribution in [3.8, 4) is 0 Å². The van der Waals surface area contributed by atoms with Crippen molar-refractivity contribution in [3.63, 3.8) is 0 Å². The summed E-state index contributed by atoms with van der Waals surface area (Å²) in [7, 11) is 0. The zero-order chi connectivity index (χ0) is 54.3. The summed E-state index contributed by atoms with van der Waals surface area (Å²) in [6.07, 6.45) is 75.6. The van der Waals surface area contributed by atoms with Gasteiger partial charge in [-0.2, -0.15) is 0 Å². The molecule has 6 heteroatoms. The average molecular weight is 1060 g/mol. The summed E-state index contributed by atoms with van der Waals surface area (Å²) in [5.41, 5.74) is 0.